The molecule has 10 heteroatoms. The van der Waals surface area contributed by atoms with Crippen LogP contribution in [-0.4, -0.2) is 23.2 Å². The Morgan fingerprint density at radius 1 is 0.759 bits per heavy atom. The molecule has 0 aliphatic rings. The lowest BCUT2D eigenvalue weighted by Crippen LogP contribution is -2.39. The summed E-state index contributed by atoms with van der Waals surface area (Å²) in [5.41, 5.74) is -0.903. The van der Waals surface area contributed by atoms with Gasteiger partial charge < -0.3 is 10.2 Å². The number of halogens is 4. The van der Waals surface area contributed by atoms with Gasteiger partial charge in [-0.15, -0.1) is 0 Å². The fourth-order valence-corrected chi connectivity index (χ4v) is 5.81. The topological polar surface area (TPSA) is 94.8 Å². The Labute approximate surface area is 186 Å². The Kier molecular flexibility index (Phi) is 5.98. The molecule has 5 nitrogen and oxygen atoms in total. The summed E-state index contributed by atoms with van der Waals surface area (Å²) in [7, 11) is -5.19. The number of rotatable bonds is 4. The van der Waals surface area contributed by atoms with E-state index in [0.29, 0.717) is 0 Å². The van der Waals surface area contributed by atoms with Crippen LogP contribution < -0.4 is 0 Å². The molecule has 0 radical (unpaired) electrons. The molecule has 0 saturated heterocycles. The Morgan fingerprint density at radius 3 is 1.62 bits per heavy atom. The molecular formula is C19H12Cl4O5S. The van der Waals surface area contributed by atoms with Crippen LogP contribution >= 0.6 is 46.4 Å². The van der Waals surface area contributed by atoms with E-state index in [1.165, 1.54) is 36.4 Å². The number of phenols is 2. The van der Waals surface area contributed by atoms with Crippen LogP contribution in [0, 0.1) is 0 Å². The smallest absolute Gasteiger partial charge is 0.283 e. The van der Waals surface area contributed by atoms with E-state index in [1.54, 1.807) is 12.1 Å². The van der Waals surface area contributed by atoms with Gasteiger partial charge >= 0.3 is 0 Å². The van der Waals surface area contributed by atoms with Crippen LogP contribution in [0.1, 0.15) is 16.7 Å². The van der Waals surface area contributed by atoms with Crippen LogP contribution in [0.4, 0.5) is 0 Å². The summed E-state index contributed by atoms with van der Waals surface area (Å²) in [5.74, 6) is -1.39. The minimum absolute atomic E-state index is 0.0695. The predicted molar refractivity (Wildman–Crippen MR) is 114 cm³/mol. The molecule has 0 aliphatic carbocycles. The van der Waals surface area contributed by atoms with Crippen molar-refractivity contribution in [3.05, 3.63) is 91.4 Å². The lowest BCUT2D eigenvalue weighted by atomic mass is 9.83. The second-order valence-electron chi connectivity index (χ2n) is 6.03. The van der Waals surface area contributed by atoms with E-state index >= 15 is 0 Å². The summed E-state index contributed by atoms with van der Waals surface area (Å²) in [4.78, 5) is 0. The maximum Gasteiger partial charge on any atom is 0.283 e. The summed E-state index contributed by atoms with van der Waals surface area (Å²) < 4.78 is 34.0. The van der Waals surface area contributed by atoms with Crippen LogP contribution in [0.15, 0.2) is 54.6 Å². The van der Waals surface area contributed by atoms with Crippen molar-refractivity contribution < 1.29 is 23.2 Å². The summed E-state index contributed by atoms with van der Waals surface area (Å²) in [6.07, 6.45) is 0. The average Bonchev–Trinajstić information content (AvgIpc) is 2.64. The zero-order valence-corrected chi connectivity index (χ0v) is 18.1. The van der Waals surface area contributed by atoms with E-state index < -0.39 is 42.0 Å². The van der Waals surface area contributed by atoms with Gasteiger partial charge in [0, 0.05) is 27.2 Å². The summed E-state index contributed by atoms with van der Waals surface area (Å²) in [5, 5.41) is 19.8. The van der Waals surface area contributed by atoms with Crippen molar-refractivity contribution in [2.45, 2.75) is 4.75 Å². The molecule has 0 fully saturated rings. The molecule has 3 N–H and O–H groups in total. The average molecular weight is 494 g/mol. The van der Waals surface area contributed by atoms with E-state index in [1.807, 2.05) is 0 Å². The highest BCUT2D eigenvalue weighted by atomic mass is 35.5. The normalized spacial score (nSPS) is 12.2. The number of benzene rings is 3. The molecule has 0 atom stereocenters. The van der Waals surface area contributed by atoms with Gasteiger partial charge in [-0.05, 0) is 12.1 Å². The predicted octanol–water partition coefficient (Wildman–Crippen LogP) is 5.89. The third kappa shape index (κ3) is 3.44. The second-order valence-corrected chi connectivity index (χ2v) is 9.19. The monoisotopic (exact) mass is 492 g/mol. The van der Waals surface area contributed by atoms with Gasteiger partial charge in [0.1, 0.15) is 11.5 Å². The Hall–Kier alpha value is -1.67. The molecule has 0 aliphatic heterocycles. The fraction of sp³-hybridized carbons (Fsp3) is 0.0526. The summed E-state index contributed by atoms with van der Waals surface area (Å²) >= 11 is 24.8. The summed E-state index contributed by atoms with van der Waals surface area (Å²) in [6.45, 7) is 0. The molecule has 0 heterocycles. The number of aromatic hydroxyl groups is 2. The highest BCUT2D eigenvalue weighted by molar-refractivity contribution is 7.87. The first-order valence-corrected chi connectivity index (χ1v) is 10.9. The minimum atomic E-state index is -5.19. The lowest BCUT2D eigenvalue weighted by molar-refractivity contribution is 0.435. The SMILES string of the molecule is O=S(=O)(O)C(c1ccccc1Cl)(c1ccccc1Cl)c1c(O)c(Cl)cc(O)c1Cl. The maximum atomic E-state index is 13.0. The first-order chi connectivity index (χ1) is 13.5. The molecule has 0 aromatic heterocycles. The van der Waals surface area contributed by atoms with Gasteiger partial charge in [0.2, 0.25) is 0 Å². The molecule has 3 aromatic carbocycles. The van der Waals surface area contributed by atoms with Crippen LogP contribution in [0.2, 0.25) is 20.1 Å². The van der Waals surface area contributed by atoms with Gasteiger partial charge in [-0.2, -0.15) is 8.42 Å². The van der Waals surface area contributed by atoms with Crippen molar-refractivity contribution in [1.29, 1.82) is 0 Å². The van der Waals surface area contributed by atoms with E-state index in [4.69, 9.17) is 46.4 Å². The zero-order valence-electron chi connectivity index (χ0n) is 14.3. The van der Waals surface area contributed by atoms with Crippen LogP contribution in [-0.2, 0) is 14.9 Å². The van der Waals surface area contributed by atoms with Crippen LogP contribution in [0.3, 0.4) is 0 Å². The van der Waals surface area contributed by atoms with Gasteiger partial charge in [0.15, 0.2) is 4.75 Å². The number of phenolic OH excluding ortho intramolecular Hbond substituents is 2. The Balaban J connectivity index is 2.72. The highest BCUT2D eigenvalue weighted by Gasteiger charge is 2.54. The molecule has 0 unspecified atom stereocenters. The summed E-state index contributed by atoms with van der Waals surface area (Å²) in [6, 6.07) is 12.4. The molecule has 0 saturated carbocycles. The van der Waals surface area contributed by atoms with Gasteiger partial charge in [-0.3, -0.25) is 4.55 Å². The number of hydrogen-bond donors (Lipinski definition) is 3. The van der Waals surface area contributed by atoms with Crippen molar-refractivity contribution >= 4 is 56.5 Å². The molecule has 0 bridgehead atoms. The molecule has 152 valence electrons. The molecule has 3 rings (SSSR count). The zero-order chi connectivity index (χ0) is 21.6. The first-order valence-electron chi connectivity index (χ1n) is 7.91. The molecule has 29 heavy (non-hydrogen) atoms. The Bertz CT molecular complexity index is 1140. The van der Waals surface area contributed by atoms with Crippen LogP contribution in [0.5, 0.6) is 11.5 Å². The van der Waals surface area contributed by atoms with E-state index in [9.17, 15) is 23.2 Å². The Morgan fingerprint density at radius 2 is 1.21 bits per heavy atom. The van der Waals surface area contributed by atoms with E-state index in [0.717, 1.165) is 6.07 Å². The van der Waals surface area contributed by atoms with Crippen molar-refractivity contribution in [2.24, 2.45) is 0 Å². The van der Waals surface area contributed by atoms with Gasteiger partial charge in [-0.1, -0.05) is 82.8 Å². The molecule has 0 spiro atoms. The number of hydrogen-bond acceptors (Lipinski definition) is 4. The maximum absolute atomic E-state index is 13.0. The fourth-order valence-electron chi connectivity index (χ4n) is 3.24. The highest BCUT2D eigenvalue weighted by Crippen LogP contribution is 2.55. The van der Waals surface area contributed by atoms with Crippen molar-refractivity contribution in [2.75, 3.05) is 0 Å². The second kappa shape index (κ2) is 7.87. The quantitative estimate of drug-likeness (QED) is 0.239. The standard InChI is InChI=1S/C19H12Cl4O5S/c20-12-7-3-1-5-10(12)19(29(26,27)28,11-6-2-4-8-13(11)21)16-17(23)15(24)9-14(22)18(16)25/h1-9,24-25H,(H,26,27,28). The largest absolute Gasteiger partial charge is 0.506 e. The molecule has 0 amide bonds. The first kappa shape index (κ1) is 22.0. The molecular weight excluding hydrogens is 482 g/mol. The van der Waals surface area contributed by atoms with Crippen molar-refractivity contribution in [3.63, 3.8) is 0 Å². The molecule has 3 aromatic rings. The van der Waals surface area contributed by atoms with Gasteiger partial charge in [0.05, 0.1) is 15.6 Å². The van der Waals surface area contributed by atoms with Gasteiger partial charge in [-0.25, -0.2) is 0 Å². The minimum Gasteiger partial charge on any atom is -0.506 e. The van der Waals surface area contributed by atoms with Crippen LogP contribution in [0.25, 0.3) is 0 Å². The third-order valence-corrected chi connectivity index (χ3v) is 7.16. The van der Waals surface area contributed by atoms with Crippen molar-refractivity contribution in [3.8, 4) is 11.5 Å². The van der Waals surface area contributed by atoms with E-state index in [-0.39, 0.29) is 21.2 Å². The van der Waals surface area contributed by atoms with Crippen molar-refractivity contribution in [1.82, 2.24) is 0 Å². The van der Waals surface area contributed by atoms with E-state index in [2.05, 4.69) is 0 Å². The van der Waals surface area contributed by atoms with Gasteiger partial charge in [0.25, 0.3) is 10.1 Å². The third-order valence-electron chi connectivity index (χ3n) is 4.42. The lowest BCUT2D eigenvalue weighted by Gasteiger charge is -2.35.